The number of ether oxygens (including phenoxy) is 1. The molecule has 0 spiro atoms. The first-order valence-electron chi connectivity index (χ1n) is 6.15. The van der Waals surface area contributed by atoms with E-state index in [1.807, 2.05) is 6.92 Å². The zero-order valence-electron chi connectivity index (χ0n) is 10.6. The number of hydrogen-bond acceptors (Lipinski definition) is 5. The second-order valence-corrected chi connectivity index (χ2v) is 3.71. The van der Waals surface area contributed by atoms with Crippen LogP contribution >= 0.6 is 0 Å². The summed E-state index contributed by atoms with van der Waals surface area (Å²) in [5.41, 5.74) is 0. The molecular weight excluding hydrogens is 218 g/mol. The molecule has 1 aromatic heterocycles. The van der Waals surface area contributed by atoms with Gasteiger partial charge in [0.05, 0.1) is 6.61 Å². The number of rotatable bonds is 8. The molecule has 2 N–H and O–H groups in total. The van der Waals surface area contributed by atoms with Gasteiger partial charge in [-0.15, -0.1) is 0 Å². The van der Waals surface area contributed by atoms with Crippen LogP contribution in [0.1, 0.15) is 32.5 Å². The lowest BCUT2D eigenvalue weighted by Crippen LogP contribution is -2.07. The molecule has 0 aliphatic heterocycles. The Hall–Kier alpha value is -1.36. The Morgan fingerprint density at radius 2 is 2.18 bits per heavy atom. The van der Waals surface area contributed by atoms with Crippen molar-refractivity contribution in [3.63, 3.8) is 0 Å². The SMILES string of the molecule is CCCc1nc(NCC)cc(OCCCO)n1. The zero-order chi connectivity index (χ0) is 12.5. The lowest BCUT2D eigenvalue weighted by Gasteiger charge is -2.09. The monoisotopic (exact) mass is 239 g/mol. The first kappa shape index (κ1) is 13.7. The molecule has 0 atom stereocenters. The first-order chi connectivity index (χ1) is 8.30. The Balaban J connectivity index is 2.72. The summed E-state index contributed by atoms with van der Waals surface area (Å²) in [6.45, 7) is 5.54. The van der Waals surface area contributed by atoms with Gasteiger partial charge in [-0.3, -0.25) is 0 Å². The van der Waals surface area contributed by atoms with Gasteiger partial charge < -0.3 is 15.2 Å². The summed E-state index contributed by atoms with van der Waals surface area (Å²) >= 11 is 0. The molecule has 0 saturated heterocycles. The minimum atomic E-state index is 0.132. The molecule has 96 valence electrons. The summed E-state index contributed by atoms with van der Waals surface area (Å²) in [5.74, 6) is 2.17. The third kappa shape index (κ3) is 4.99. The molecule has 0 radical (unpaired) electrons. The summed E-state index contributed by atoms with van der Waals surface area (Å²) in [6, 6.07) is 1.79. The van der Waals surface area contributed by atoms with Crippen LogP contribution in [0.2, 0.25) is 0 Å². The minimum Gasteiger partial charge on any atom is -0.477 e. The van der Waals surface area contributed by atoms with E-state index < -0.39 is 0 Å². The molecule has 0 amide bonds. The highest BCUT2D eigenvalue weighted by Gasteiger charge is 2.04. The van der Waals surface area contributed by atoms with Crippen molar-refractivity contribution in [2.45, 2.75) is 33.1 Å². The van der Waals surface area contributed by atoms with Crippen LogP contribution < -0.4 is 10.1 Å². The Morgan fingerprint density at radius 3 is 2.82 bits per heavy atom. The predicted molar refractivity (Wildman–Crippen MR) is 67.4 cm³/mol. The molecule has 5 nitrogen and oxygen atoms in total. The number of nitrogens with zero attached hydrogens (tertiary/aromatic N) is 2. The molecule has 0 fully saturated rings. The Labute approximate surface area is 102 Å². The van der Waals surface area contributed by atoms with Gasteiger partial charge in [-0.2, -0.15) is 4.98 Å². The fourth-order valence-electron chi connectivity index (χ4n) is 1.40. The lowest BCUT2D eigenvalue weighted by atomic mass is 10.3. The van der Waals surface area contributed by atoms with Crippen LogP contribution in [0.3, 0.4) is 0 Å². The second-order valence-electron chi connectivity index (χ2n) is 3.71. The van der Waals surface area contributed by atoms with Crippen molar-refractivity contribution in [3.8, 4) is 5.88 Å². The number of aliphatic hydroxyl groups is 1. The van der Waals surface area contributed by atoms with Crippen LogP contribution in [0, 0.1) is 0 Å². The molecule has 0 aromatic carbocycles. The van der Waals surface area contributed by atoms with Crippen molar-refractivity contribution < 1.29 is 9.84 Å². The van der Waals surface area contributed by atoms with Crippen LogP contribution in [-0.4, -0.2) is 34.8 Å². The summed E-state index contributed by atoms with van der Waals surface area (Å²) in [7, 11) is 0. The van der Waals surface area contributed by atoms with E-state index >= 15 is 0 Å². The van der Waals surface area contributed by atoms with Gasteiger partial charge in [-0.25, -0.2) is 4.98 Å². The quantitative estimate of drug-likeness (QED) is 0.675. The zero-order valence-corrected chi connectivity index (χ0v) is 10.6. The summed E-state index contributed by atoms with van der Waals surface area (Å²) in [4.78, 5) is 8.71. The molecule has 17 heavy (non-hydrogen) atoms. The number of nitrogens with one attached hydrogen (secondary N) is 1. The van der Waals surface area contributed by atoms with Crippen LogP contribution in [0.4, 0.5) is 5.82 Å². The number of hydrogen-bond donors (Lipinski definition) is 2. The molecular formula is C12H21N3O2. The first-order valence-corrected chi connectivity index (χ1v) is 6.15. The number of anilines is 1. The van der Waals surface area contributed by atoms with Crippen molar-refractivity contribution in [3.05, 3.63) is 11.9 Å². The average molecular weight is 239 g/mol. The third-order valence-electron chi connectivity index (χ3n) is 2.13. The smallest absolute Gasteiger partial charge is 0.218 e. The Morgan fingerprint density at radius 1 is 1.35 bits per heavy atom. The van der Waals surface area contributed by atoms with Gasteiger partial charge in [0.2, 0.25) is 5.88 Å². The highest BCUT2D eigenvalue weighted by molar-refractivity contribution is 5.38. The highest BCUT2D eigenvalue weighted by Crippen LogP contribution is 2.14. The minimum absolute atomic E-state index is 0.132. The standard InChI is InChI=1S/C12H21N3O2/c1-3-6-10-14-11(13-4-2)9-12(15-10)17-8-5-7-16/h9,16H,3-8H2,1-2H3,(H,13,14,15). The predicted octanol–water partition coefficient (Wildman–Crippen LogP) is 1.62. The summed E-state index contributed by atoms with van der Waals surface area (Å²) in [5, 5.41) is 11.9. The molecule has 0 bridgehead atoms. The average Bonchev–Trinajstić information content (AvgIpc) is 2.30. The van der Waals surface area contributed by atoms with Gasteiger partial charge in [0, 0.05) is 32.1 Å². The molecule has 5 heteroatoms. The molecule has 0 unspecified atom stereocenters. The molecule has 0 aliphatic rings. The topological polar surface area (TPSA) is 67.3 Å². The van der Waals surface area contributed by atoms with E-state index in [2.05, 4.69) is 22.2 Å². The van der Waals surface area contributed by atoms with Crippen LogP contribution in [0.15, 0.2) is 6.07 Å². The summed E-state index contributed by atoms with van der Waals surface area (Å²) < 4.78 is 5.47. The van der Waals surface area contributed by atoms with Crippen molar-refractivity contribution in [2.75, 3.05) is 25.1 Å². The Bertz CT molecular complexity index is 307. The van der Waals surface area contributed by atoms with Crippen molar-refractivity contribution in [1.82, 2.24) is 9.97 Å². The number of aromatic nitrogens is 2. The molecule has 0 saturated carbocycles. The lowest BCUT2D eigenvalue weighted by molar-refractivity contribution is 0.229. The van der Waals surface area contributed by atoms with Crippen LogP contribution in [0.25, 0.3) is 0 Å². The fourth-order valence-corrected chi connectivity index (χ4v) is 1.40. The van der Waals surface area contributed by atoms with Crippen LogP contribution in [-0.2, 0) is 6.42 Å². The molecule has 1 aromatic rings. The van der Waals surface area contributed by atoms with Gasteiger partial charge in [0.1, 0.15) is 11.6 Å². The van der Waals surface area contributed by atoms with Gasteiger partial charge in [-0.1, -0.05) is 6.92 Å². The molecule has 1 rings (SSSR count). The summed E-state index contributed by atoms with van der Waals surface area (Å²) in [6.07, 6.45) is 2.46. The number of aliphatic hydroxyl groups excluding tert-OH is 1. The van der Waals surface area contributed by atoms with E-state index in [4.69, 9.17) is 9.84 Å². The maximum absolute atomic E-state index is 8.70. The van der Waals surface area contributed by atoms with Gasteiger partial charge in [0.15, 0.2) is 0 Å². The van der Waals surface area contributed by atoms with Crippen molar-refractivity contribution >= 4 is 5.82 Å². The molecule has 0 aliphatic carbocycles. The van der Waals surface area contributed by atoms with E-state index in [1.165, 1.54) is 0 Å². The maximum Gasteiger partial charge on any atom is 0.218 e. The normalized spacial score (nSPS) is 10.3. The largest absolute Gasteiger partial charge is 0.477 e. The van der Waals surface area contributed by atoms with E-state index in [-0.39, 0.29) is 6.61 Å². The highest BCUT2D eigenvalue weighted by atomic mass is 16.5. The van der Waals surface area contributed by atoms with Crippen molar-refractivity contribution in [2.24, 2.45) is 0 Å². The van der Waals surface area contributed by atoms with Gasteiger partial charge in [-0.05, 0) is 13.3 Å². The van der Waals surface area contributed by atoms with E-state index in [9.17, 15) is 0 Å². The van der Waals surface area contributed by atoms with Crippen LogP contribution in [0.5, 0.6) is 5.88 Å². The van der Waals surface area contributed by atoms with E-state index in [0.717, 1.165) is 31.0 Å². The van der Waals surface area contributed by atoms with E-state index in [1.54, 1.807) is 6.07 Å². The second kappa shape index (κ2) is 7.84. The maximum atomic E-state index is 8.70. The van der Waals surface area contributed by atoms with Crippen molar-refractivity contribution in [1.29, 1.82) is 0 Å². The number of aryl methyl sites for hydroxylation is 1. The third-order valence-corrected chi connectivity index (χ3v) is 2.13. The van der Waals surface area contributed by atoms with E-state index in [0.29, 0.717) is 18.9 Å². The van der Waals surface area contributed by atoms with Gasteiger partial charge >= 0.3 is 0 Å². The molecule has 1 heterocycles. The Kier molecular flexibility index (Phi) is 6.32. The van der Waals surface area contributed by atoms with Gasteiger partial charge in [0.25, 0.3) is 0 Å². The fraction of sp³-hybridized carbons (Fsp3) is 0.667.